The molecule has 2 aromatic carbocycles. The Bertz CT molecular complexity index is 863. The Balaban J connectivity index is 1.69. The van der Waals surface area contributed by atoms with E-state index in [-0.39, 0.29) is 11.9 Å². The zero-order chi connectivity index (χ0) is 17.3. The van der Waals surface area contributed by atoms with E-state index in [1.807, 2.05) is 18.2 Å². The van der Waals surface area contributed by atoms with Gasteiger partial charge >= 0.3 is 0 Å². The largest absolute Gasteiger partial charge is 0.349 e. The first-order valence-corrected chi connectivity index (χ1v) is 9.67. The molecule has 126 valence electrons. The van der Waals surface area contributed by atoms with Gasteiger partial charge in [-0.25, -0.2) is 8.42 Å². The van der Waals surface area contributed by atoms with Gasteiger partial charge in [-0.2, -0.15) is 0 Å². The van der Waals surface area contributed by atoms with Gasteiger partial charge in [-0.1, -0.05) is 36.4 Å². The third-order valence-electron chi connectivity index (χ3n) is 4.13. The van der Waals surface area contributed by atoms with E-state index >= 15 is 0 Å². The van der Waals surface area contributed by atoms with E-state index in [9.17, 15) is 13.2 Å². The van der Waals surface area contributed by atoms with Crippen LogP contribution in [0.2, 0.25) is 0 Å². The van der Waals surface area contributed by atoms with Gasteiger partial charge in [0, 0.05) is 17.5 Å². The number of rotatable bonds is 5. The molecule has 2 unspecified atom stereocenters. The molecular weight excluding hydrogens is 324 g/mol. The van der Waals surface area contributed by atoms with Crippen molar-refractivity contribution in [2.45, 2.75) is 25.3 Å². The molecule has 0 spiro atoms. The standard InChI is InChI=1S/C18H20N2O3S/c1-12-8-9-14(10-16(12)20-24(2,22)23)18(21)19-17-11-15(17)13-6-4-3-5-7-13/h3-10,15,17,20H,11H2,1-2H3,(H,19,21). The van der Waals surface area contributed by atoms with Gasteiger partial charge in [0.2, 0.25) is 10.0 Å². The van der Waals surface area contributed by atoms with Gasteiger partial charge in [0.25, 0.3) is 5.91 Å². The molecule has 24 heavy (non-hydrogen) atoms. The lowest BCUT2D eigenvalue weighted by Gasteiger charge is -2.10. The summed E-state index contributed by atoms with van der Waals surface area (Å²) in [5, 5.41) is 3.01. The van der Waals surface area contributed by atoms with Crippen molar-refractivity contribution in [3.8, 4) is 0 Å². The first kappa shape index (κ1) is 16.5. The highest BCUT2D eigenvalue weighted by Crippen LogP contribution is 2.40. The van der Waals surface area contributed by atoms with Crippen LogP contribution >= 0.6 is 0 Å². The van der Waals surface area contributed by atoms with Crippen molar-refractivity contribution >= 4 is 21.6 Å². The zero-order valence-electron chi connectivity index (χ0n) is 13.6. The summed E-state index contributed by atoms with van der Waals surface area (Å²) in [5.41, 5.74) is 2.88. The Morgan fingerprint density at radius 2 is 1.83 bits per heavy atom. The third-order valence-corrected chi connectivity index (χ3v) is 4.72. The number of hydrogen-bond acceptors (Lipinski definition) is 3. The molecule has 2 N–H and O–H groups in total. The Labute approximate surface area is 142 Å². The van der Waals surface area contributed by atoms with Crippen LogP contribution in [-0.4, -0.2) is 26.6 Å². The van der Waals surface area contributed by atoms with Crippen molar-refractivity contribution in [3.63, 3.8) is 0 Å². The smallest absolute Gasteiger partial charge is 0.251 e. The minimum atomic E-state index is -3.38. The van der Waals surface area contributed by atoms with Crippen molar-refractivity contribution in [1.29, 1.82) is 0 Å². The maximum atomic E-state index is 12.4. The Morgan fingerprint density at radius 1 is 1.12 bits per heavy atom. The summed E-state index contributed by atoms with van der Waals surface area (Å²) in [6, 6.07) is 15.3. The second-order valence-electron chi connectivity index (χ2n) is 6.24. The number of benzene rings is 2. The van der Waals surface area contributed by atoms with Crippen LogP contribution in [0.25, 0.3) is 0 Å². The second-order valence-corrected chi connectivity index (χ2v) is 7.99. The van der Waals surface area contributed by atoms with Crippen LogP contribution < -0.4 is 10.0 Å². The van der Waals surface area contributed by atoms with Crippen molar-refractivity contribution in [2.24, 2.45) is 0 Å². The molecule has 0 radical (unpaired) electrons. The number of carbonyl (C=O) groups is 1. The molecule has 1 saturated carbocycles. The molecule has 2 aromatic rings. The van der Waals surface area contributed by atoms with Crippen LogP contribution in [0.3, 0.4) is 0 Å². The van der Waals surface area contributed by atoms with Gasteiger partial charge in [-0.05, 0) is 36.6 Å². The predicted molar refractivity (Wildman–Crippen MR) is 94.7 cm³/mol. The molecule has 0 bridgehead atoms. The third kappa shape index (κ3) is 3.94. The molecule has 0 aromatic heterocycles. The van der Waals surface area contributed by atoms with Crippen molar-refractivity contribution in [3.05, 3.63) is 65.2 Å². The van der Waals surface area contributed by atoms with Gasteiger partial charge in [-0.15, -0.1) is 0 Å². The van der Waals surface area contributed by atoms with Gasteiger partial charge in [0.15, 0.2) is 0 Å². The van der Waals surface area contributed by atoms with E-state index < -0.39 is 10.0 Å². The fourth-order valence-electron chi connectivity index (χ4n) is 2.75. The van der Waals surface area contributed by atoms with Crippen molar-refractivity contribution in [2.75, 3.05) is 11.0 Å². The number of nitrogens with one attached hydrogen (secondary N) is 2. The quantitative estimate of drug-likeness (QED) is 0.875. The molecule has 1 aliphatic rings. The summed E-state index contributed by atoms with van der Waals surface area (Å²) in [5.74, 6) is 0.171. The summed E-state index contributed by atoms with van der Waals surface area (Å²) in [7, 11) is -3.38. The fourth-order valence-corrected chi connectivity index (χ4v) is 3.37. The van der Waals surface area contributed by atoms with E-state index in [0.717, 1.165) is 18.2 Å². The summed E-state index contributed by atoms with van der Waals surface area (Å²) in [6.07, 6.45) is 2.02. The van der Waals surface area contributed by atoms with Crippen LogP contribution in [0.4, 0.5) is 5.69 Å². The molecule has 1 aliphatic carbocycles. The number of carbonyl (C=O) groups excluding carboxylic acids is 1. The summed E-state index contributed by atoms with van der Waals surface area (Å²) in [4.78, 5) is 12.4. The van der Waals surface area contributed by atoms with Gasteiger partial charge in [-0.3, -0.25) is 9.52 Å². The number of anilines is 1. The lowest BCUT2D eigenvalue weighted by atomic mass is 10.1. The summed E-state index contributed by atoms with van der Waals surface area (Å²) in [6.45, 7) is 1.79. The lowest BCUT2D eigenvalue weighted by Crippen LogP contribution is -2.26. The highest BCUT2D eigenvalue weighted by atomic mass is 32.2. The molecule has 3 rings (SSSR count). The highest BCUT2D eigenvalue weighted by Gasteiger charge is 2.39. The summed E-state index contributed by atoms with van der Waals surface area (Å²) < 4.78 is 25.3. The molecule has 6 heteroatoms. The molecule has 0 aliphatic heterocycles. The minimum Gasteiger partial charge on any atom is -0.349 e. The first-order chi connectivity index (χ1) is 11.3. The Kier molecular flexibility index (Phi) is 4.32. The average molecular weight is 344 g/mol. The SMILES string of the molecule is Cc1ccc(C(=O)NC2CC2c2ccccc2)cc1NS(C)(=O)=O. The monoisotopic (exact) mass is 344 g/mol. The molecule has 0 saturated heterocycles. The average Bonchev–Trinajstić information content (AvgIpc) is 3.28. The Morgan fingerprint density at radius 3 is 2.50 bits per heavy atom. The van der Waals surface area contributed by atoms with Crippen LogP contribution in [0, 0.1) is 6.92 Å². The van der Waals surface area contributed by atoms with Gasteiger partial charge in [0.05, 0.1) is 11.9 Å². The van der Waals surface area contributed by atoms with Crippen LogP contribution in [-0.2, 0) is 10.0 Å². The van der Waals surface area contributed by atoms with Gasteiger partial charge < -0.3 is 5.32 Å². The normalized spacial score (nSPS) is 19.6. The predicted octanol–water partition coefficient (Wildman–Crippen LogP) is 2.65. The van der Waals surface area contributed by atoms with E-state index in [4.69, 9.17) is 0 Å². The molecule has 1 fully saturated rings. The van der Waals surface area contributed by atoms with E-state index in [1.165, 1.54) is 5.56 Å². The molecular formula is C18H20N2O3S. The molecule has 1 amide bonds. The van der Waals surface area contributed by atoms with Gasteiger partial charge in [0.1, 0.15) is 0 Å². The molecule has 2 atom stereocenters. The first-order valence-electron chi connectivity index (χ1n) is 7.78. The number of aryl methyl sites for hydroxylation is 1. The maximum absolute atomic E-state index is 12.4. The number of sulfonamides is 1. The molecule has 5 nitrogen and oxygen atoms in total. The van der Waals surface area contributed by atoms with Crippen LogP contribution in [0.15, 0.2) is 48.5 Å². The number of amides is 1. The summed E-state index contributed by atoms with van der Waals surface area (Å²) >= 11 is 0. The topological polar surface area (TPSA) is 75.3 Å². The lowest BCUT2D eigenvalue weighted by molar-refractivity contribution is 0.0950. The Hall–Kier alpha value is -2.34. The van der Waals surface area contributed by atoms with E-state index in [1.54, 1.807) is 25.1 Å². The zero-order valence-corrected chi connectivity index (χ0v) is 14.4. The van der Waals surface area contributed by atoms with Crippen LogP contribution in [0.1, 0.15) is 33.8 Å². The highest BCUT2D eigenvalue weighted by molar-refractivity contribution is 7.92. The van der Waals surface area contributed by atoms with Crippen LogP contribution in [0.5, 0.6) is 0 Å². The van der Waals surface area contributed by atoms with E-state index in [0.29, 0.717) is 17.2 Å². The molecule has 0 heterocycles. The number of hydrogen-bond donors (Lipinski definition) is 2. The van der Waals surface area contributed by atoms with Crippen molar-refractivity contribution in [1.82, 2.24) is 5.32 Å². The fraction of sp³-hybridized carbons (Fsp3) is 0.278. The van der Waals surface area contributed by atoms with Crippen molar-refractivity contribution < 1.29 is 13.2 Å². The minimum absolute atomic E-state index is 0.132. The maximum Gasteiger partial charge on any atom is 0.251 e. The second kappa shape index (κ2) is 6.28. The van der Waals surface area contributed by atoms with E-state index in [2.05, 4.69) is 22.2 Å².